The molecule has 20 heavy (non-hydrogen) atoms. The maximum Gasteiger partial charge on any atom is 0.253 e. The van der Waals surface area contributed by atoms with Crippen molar-refractivity contribution in [3.8, 4) is 0 Å². The summed E-state index contributed by atoms with van der Waals surface area (Å²) in [6, 6.07) is 6.83. The summed E-state index contributed by atoms with van der Waals surface area (Å²) >= 11 is 0. The van der Waals surface area contributed by atoms with Gasteiger partial charge in [-0.05, 0) is 38.1 Å². The van der Waals surface area contributed by atoms with Crippen molar-refractivity contribution in [2.75, 3.05) is 24.5 Å². The fourth-order valence-electron chi connectivity index (χ4n) is 2.30. The molecule has 5 heteroatoms. The number of hydrogen-bond acceptors (Lipinski definition) is 3. The number of benzene rings is 1. The van der Waals surface area contributed by atoms with Gasteiger partial charge in [-0.15, -0.1) is 0 Å². The number of ketones is 1. The van der Waals surface area contributed by atoms with Gasteiger partial charge in [-0.2, -0.15) is 0 Å². The summed E-state index contributed by atoms with van der Waals surface area (Å²) in [6.07, 6.45) is -0.0276. The Labute approximate surface area is 118 Å². The molecule has 1 aromatic rings. The van der Waals surface area contributed by atoms with Crippen LogP contribution in [0.1, 0.15) is 30.6 Å². The highest BCUT2D eigenvalue weighted by Gasteiger charge is 2.28. The Bertz CT molecular complexity index is 533. The molecule has 0 unspecified atom stereocenters. The van der Waals surface area contributed by atoms with Gasteiger partial charge in [-0.1, -0.05) is 0 Å². The average Bonchev–Trinajstić information content (AvgIpc) is 2.79. The standard InChI is InChI=1S/C15H18N2O3/c1-3-16(4-2)15(20)11-5-7-12(8-6-11)17-10-13(18)9-14(17)19/h5-8H,3-4,9-10H2,1-2H3. The summed E-state index contributed by atoms with van der Waals surface area (Å²) in [5.41, 5.74) is 1.26. The molecule has 1 aromatic carbocycles. The highest BCUT2D eigenvalue weighted by molar-refractivity contribution is 6.15. The third-order valence-electron chi connectivity index (χ3n) is 3.46. The minimum Gasteiger partial charge on any atom is -0.339 e. The highest BCUT2D eigenvalue weighted by Crippen LogP contribution is 2.20. The second kappa shape index (κ2) is 5.86. The molecule has 1 saturated heterocycles. The highest BCUT2D eigenvalue weighted by atomic mass is 16.2. The molecule has 0 aliphatic carbocycles. The smallest absolute Gasteiger partial charge is 0.253 e. The predicted octanol–water partition coefficient (Wildman–Crippen LogP) is 1.47. The zero-order valence-electron chi connectivity index (χ0n) is 11.8. The number of Topliss-reactive ketones (excluding diaryl/α,β-unsaturated/α-hetero) is 1. The first kappa shape index (κ1) is 14.2. The van der Waals surface area contributed by atoms with E-state index in [-0.39, 0.29) is 30.6 Å². The van der Waals surface area contributed by atoms with Crippen LogP contribution in [0.2, 0.25) is 0 Å². The molecular formula is C15H18N2O3. The maximum atomic E-state index is 12.1. The van der Waals surface area contributed by atoms with Crippen LogP contribution in [0.15, 0.2) is 24.3 Å². The summed E-state index contributed by atoms with van der Waals surface area (Å²) in [5, 5.41) is 0. The molecule has 1 fully saturated rings. The van der Waals surface area contributed by atoms with Crippen LogP contribution in [-0.2, 0) is 9.59 Å². The van der Waals surface area contributed by atoms with Crippen molar-refractivity contribution in [2.45, 2.75) is 20.3 Å². The Hall–Kier alpha value is -2.17. The minimum absolute atomic E-state index is 0.0228. The number of carbonyl (C=O) groups excluding carboxylic acids is 3. The van der Waals surface area contributed by atoms with Gasteiger partial charge in [0.2, 0.25) is 5.91 Å². The van der Waals surface area contributed by atoms with Gasteiger partial charge in [0.1, 0.15) is 0 Å². The molecule has 0 radical (unpaired) electrons. The van der Waals surface area contributed by atoms with Crippen LogP contribution in [0.4, 0.5) is 5.69 Å². The zero-order valence-corrected chi connectivity index (χ0v) is 11.8. The molecule has 106 valence electrons. The first-order chi connectivity index (χ1) is 9.56. The molecular weight excluding hydrogens is 256 g/mol. The van der Waals surface area contributed by atoms with E-state index in [9.17, 15) is 14.4 Å². The third-order valence-corrected chi connectivity index (χ3v) is 3.46. The van der Waals surface area contributed by atoms with Gasteiger partial charge in [-0.3, -0.25) is 14.4 Å². The topological polar surface area (TPSA) is 57.7 Å². The van der Waals surface area contributed by atoms with Gasteiger partial charge in [-0.25, -0.2) is 0 Å². The molecule has 0 saturated carbocycles. The molecule has 1 aliphatic rings. The molecule has 0 bridgehead atoms. The Morgan fingerprint density at radius 1 is 1.15 bits per heavy atom. The lowest BCUT2D eigenvalue weighted by Crippen LogP contribution is -2.30. The van der Waals surface area contributed by atoms with Gasteiger partial charge in [0, 0.05) is 24.3 Å². The number of nitrogens with zero attached hydrogens (tertiary/aromatic N) is 2. The number of amides is 2. The number of hydrogen-bond donors (Lipinski definition) is 0. The van der Waals surface area contributed by atoms with E-state index in [0.717, 1.165) is 0 Å². The van der Waals surface area contributed by atoms with Crippen molar-refractivity contribution in [3.05, 3.63) is 29.8 Å². The lowest BCUT2D eigenvalue weighted by molar-refractivity contribution is -0.121. The van der Waals surface area contributed by atoms with Gasteiger partial charge in [0.25, 0.3) is 5.91 Å². The Morgan fingerprint density at radius 3 is 2.20 bits per heavy atom. The fourth-order valence-corrected chi connectivity index (χ4v) is 2.30. The van der Waals surface area contributed by atoms with E-state index in [1.165, 1.54) is 4.90 Å². The predicted molar refractivity (Wildman–Crippen MR) is 75.7 cm³/mol. The lowest BCUT2D eigenvalue weighted by Gasteiger charge is -2.19. The zero-order chi connectivity index (χ0) is 14.7. The quantitative estimate of drug-likeness (QED) is 0.781. The van der Waals surface area contributed by atoms with Crippen molar-refractivity contribution in [3.63, 3.8) is 0 Å². The fraction of sp³-hybridized carbons (Fsp3) is 0.400. The van der Waals surface area contributed by atoms with E-state index in [1.54, 1.807) is 29.2 Å². The van der Waals surface area contributed by atoms with E-state index in [0.29, 0.717) is 24.3 Å². The largest absolute Gasteiger partial charge is 0.339 e. The molecule has 2 amide bonds. The molecule has 1 aliphatic heterocycles. The Balaban J connectivity index is 2.16. The van der Waals surface area contributed by atoms with E-state index in [2.05, 4.69) is 0 Å². The molecule has 0 aromatic heterocycles. The summed E-state index contributed by atoms with van der Waals surface area (Å²) in [6.45, 7) is 5.32. The van der Waals surface area contributed by atoms with Gasteiger partial charge in [0.15, 0.2) is 5.78 Å². The molecule has 0 N–H and O–H groups in total. The second-order valence-corrected chi connectivity index (χ2v) is 4.72. The Kier molecular flexibility index (Phi) is 4.17. The van der Waals surface area contributed by atoms with Crippen LogP contribution in [-0.4, -0.2) is 42.1 Å². The van der Waals surface area contributed by atoms with E-state index < -0.39 is 0 Å². The monoisotopic (exact) mass is 274 g/mol. The van der Waals surface area contributed by atoms with Crippen LogP contribution < -0.4 is 4.90 Å². The van der Waals surface area contributed by atoms with Crippen molar-refractivity contribution < 1.29 is 14.4 Å². The van der Waals surface area contributed by atoms with E-state index in [1.807, 2.05) is 13.8 Å². The number of carbonyl (C=O) groups is 3. The van der Waals surface area contributed by atoms with Crippen LogP contribution in [0.5, 0.6) is 0 Å². The minimum atomic E-state index is -0.183. The second-order valence-electron chi connectivity index (χ2n) is 4.72. The molecule has 2 rings (SSSR count). The normalized spacial score (nSPS) is 14.8. The van der Waals surface area contributed by atoms with Crippen molar-refractivity contribution in [2.24, 2.45) is 0 Å². The first-order valence-corrected chi connectivity index (χ1v) is 6.78. The van der Waals surface area contributed by atoms with E-state index >= 15 is 0 Å². The molecule has 0 spiro atoms. The first-order valence-electron chi connectivity index (χ1n) is 6.78. The summed E-state index contributed by atoms with van der Waals surface area (Å²) in [7, 11) is 0. The van der Waals surface area contributed by atoms with Crippen LogP contribution in [0.25, 0.3) is 0 Å². The number of anilines is 1. The summed E-state index contributed by atoms with van der Waals surface area (Å²) in [4.78, 5) is 38.2. The average molecular weight is 274 g/mol. The van der Waals surface area contributed by atoms with Crippen LogP contribution in [0.3, 0.4) is 0 Å². The molecule has 0 atom stereocenters. The third kappa shape index (κ3) is 2.71. The Morgan fingerprint density at radius 2 is 1.75 bits per heavy atom. The SMILES string of the molecule is CCN(CC)C(=O)c1ccc(N2CC(=O)CC2=O)cc1. The van der Waals surface area contributed by atoms with Crippen molar-refractivity contribution in [1.82, 2.24) is 4.90 Å². The van der Waals surface area contributed by atoms with Crippen LogP contribution in [0, 0.1) is 0 Å². The van der Waals surface area contributed by atoms with Gasteiger partial charge < -0.3 is 9.80 Å². The van der Waals surface area contributed by atoms with Gasteiger partial charge in [0.05, 0.1) is 13.0 Å². The van der Waals surface area contributed by atoms with E-state index in [4.69, 9.17) is 0 Å². The van der Waals surface area contributed by atoms with Crippen molar-refractivity contribution in [1.29, 1.82) is 0 Å². The maximum absolute atomic E-state index is 12.1. The van der Waals surface area contributed by atoms with Gasteiger partial charge >= 0.3 is 0 Å². The van der Waals surface area contributed by atoms with Crippen LogP contribution >= 0.6 is 0 Å². The molecule has 1 heterocycles. The lowest BCUT2D eigenvalue weighted by atomic mass is 10.1. The summed E-state index contributed by atoms with van der Waals surface area (Å²) < 4.78 is 0. The van der Waals surface area contributed by atoms with Crippen molar-refractivity contribution >= 4 is 23.3 Å². The number of rotatable bonds is 4. The molecule has 5 nitrogen and oxygen atoms in total. The summed E-state index contributed by atoms with van der Waals surface area (Å²) in [5.74, 6) is -0.276.